The van der Waals surface area contributed by atoms with Gasteiger partial charge in [0.05, 0.1) is 12.6 Å². The molecule has 0 bridgehead atoms. The van der Waals surface area contributed by atoms with Crippen LogP contribution >= 0.6 is 11.6 Å². The topological polar surface area (TPSA) is 111 Å². The van der Waals surface area contributed by atoms with E-state index in [4.69, 9.17) is 23.1 Å². The van der Waals surface area contributed by atoms with Gasteiger partial charge in [-0.25, -0.2) is 0 Å². The van der Waals surface area contributed by atoms with Gasteiger partial charge in [-0.05, 0) is 56.0 Å². The summed E-state index contributed by atoms with van der Waals surface area (Å²) in [6, 6.07) is 6.47. The monoisotopic (exact) mass is 444 g/mol. The summed E-state index contributed by atoms with van der Waals surface area (Å²) in [5, 5.41) is 10.7. The first-order valence-corrected chi connectivity index (χ1v) is 9.96. The van der Waals surface area contributed by atoms with Crippen LogP contribution in [0.3, 0.4) is 0 Å². The summed E-state index contributed by atoms with van der Waals surface area (Å²) in [6.45, 7) is -0.733. The van der Waals surface area contributed by atoms with Crippen LogP contribution in [0.1, 0.15) is 35.7 Å². The third kappa shape index (κ3) is 5.65. The molecule has 1 aromatic carbocycles. The third-order valence-corrected chi connectivity index (χ3v) is 5.53. The second kappa shape index (κ2) is 9.23. The van der Waals surface area contributed by atoms with Crippen molar-refractivity contribution in [3.05, 3.63) is 41.0 Å². The quantitative estimate of drug-likeness (QED) is 0.524. The second-order valence-corrected chi connectivity index (χ2v) is 7.87. The average Bonchev–Trinajstić information content (AvgIpc) is 3.11. The molecule has 1 saturated carbocycles. The third-order valence-electron chi connectivity index (χ3n) is 5.28. The van der Waals surface area contributed by atoms with Gasteiger partial charge in [0.1, 0.15) is 5.56 Å². The maximum atomic E-state index is 12.5. The standard InChI is InChI=1S/C19H24ClF3N6O/c20-12-1-3-13(4-2-12)27-18-15(17(25)30)9-29(28-18)16-6-5-14(7-11(16)8-24)26-10-19(21,22)23/h1-4,9,11,14,16,26H,5-8,10,24H2,(H2,25,30)(H,27,28)/t11-,14-,16+/m1/s1. The number of anilines is 2. The molecule has 0 radical (unpaired) electrons. The van der Waals surface area contributed by atoms with E-state index in [1.807, 2.05) is 0 Å². The number of aromatic nitrogens is 2. The van der Waals surface area contributed by atoms with Crippen LogP contribution in [-0.4, -0.2) is 41.0 Å². The fourth-order valence-electron chi connectivity index (χ4n) is 3.80. The number of halogens is 4. The van der Waals surface area contributed by atoms with Gasteiger partial charge < -0.3 is 22.1 Å². The van der Waals surface area contributed by atoms with Crippen molar-refractivity contribution in [2.75, 3.05) is 18.4 Å². The molecule has 1 aromatic heterocycles. The molecule has 0 unspecified atom stereocenters. The molecule has 30 heavy (non-hydrogen) atoms. The number of nitrogens with one attached hydrogen (secondary N) is 2. The fourth-order valence-corrected chi connectivity index (χ4v) is 3.93. The smallest absolute Gasteiger partial charge is 0.365 e. The summed E-state index contributed by atoms with van der Waals surface area (Å²) in [5.74, 6) is -0.422. The van der Waals surface area contributed by atoms with E-state index in [-0.39, 0.29) is 23.6 Å². The number of carbonyl (C=O) groups excluding carboxylic acids is 1. The van der Waals surface area contributed by atoms with Gasteiger partial charge in [-0.1, -0.05) is 11.6 Å². The summed E-state index contributed by atoms with van der Waals surface area (Å²) >= 11 is 5.89. The van der Waals surface area contributed by atoms with E-state index in [0.717, 1.165) is 0 Å². The van der Waals surface area contributed by atoms with E-state index in [1.54, 1.807) is 35.1 Å². The Labute approximate surface area is 176 Å². The maximum absolute atomic E-state index is 12.5. The lowest BCUT2D eigenvalue weighted by molar-refractivity contribution is -0.127. The Morgan fingerprint density at radius 2 is 1.97 bits per heavy atom. The molecule has 0 saturated heterocycles. The van der Waals surface area contributed by atoms with Crippen molar-refractivity contribution >= 4 is 29.0 Å². The van der Waals surface area contributed by atoms with Crippen molar-refractivity contribution in [3.8, 4) is 0 Å². The number of primary amides is 1. The second-order valence-electron chi connectivity index (χ2n) is 7.44. The Balaban J connectivity index is 1.76. The Kier molecular flexibility index (Phi) is 6.89. The predicted octanol–water partition coefficient (Wildman–Crippen LogP) is 3.20. The molecule has 1 amide bonds. The molecule has 1 fully saturated rings. The van der Waals surface area contributed by atoms with Crippen molar-refractivity contribution < 1.29 is 18.0 Å². The molecule has 11 heteroatoms. The minimum Gasteiger partial charge on any atom is -0.365 e. The summed E-state index contributed by atoms with van der Waals surface area (Å²) in [5.41, 5.74) is 12.3. The largest absolute Gasteiger partial charge is 0.401 e. The van der Waals surface area contributed by atoms with E-state index in [9.17, 15) is 18.0 Å². The molecule has 0 spiro atoms. The van der Waals surface area contributed by atoms with Gasteiger partial charge in [-0.3, -0.25) is 9.48 Å². The first-order valence-electron chi connectivity index (χ1n) is 9.58. The zero-order valence-corrected chi connectivity index (χ0v) is 16.9. The van der Waals surface area contributed by atoms with Gasteiger partial charge in [0.2, 0.25) is 0 Å². The predicted molar refractivity (Wildman–Crippen MR) is 109 cm³/mol. The van der Waals surface area contributed by atoms with Crippen LogP contribution in [0.15, 0.2) is 30.5 Å². The normalized spacial score (nSPS) is 22.1. The first-order chi connectivity index (χ1) is 14.2. The van der Waals surface area contributed by atoms with Crippen LogP contribution in [0.4, 0.5) is 24.7 Å². The number of nitrogens with two attached hydrogens (primary N) is 2. The highest BCUT2D eigenvalue weighted by Crippen LogP contribution is 2.35. The molecule has 1 heterocycles. The zero-order chi connectivity index (χ0) is 21.9. The summed E-state index contributed by atoms with van der Waals surface area (Å²) in [6.07, 6.45) is -1.07. The number of benzene rings is 1. The molecule has 1 aliphatic rings. The van der Waals surface area contributed by atoms with Crippen molar-refractivity contribution in [2.45, 2.75) is 37.5 Å². The lowest BCUT2D eigenvalue weighted by Crippen LogP contribution is -2.44. The van der Waals surface area contributed by atoms with E-state index in [0.29, 0.717) is 42.3 Å². The highest BCUT2D eigenvalue weighted by molar-refractivity contribution is 6.30. The molecular weight excluding hydrogens is 421 g/mol. The van der Waals surface area contributed by atoms with Crippen molar-refractivity contribution in [1.82, 2.24) is 15.1 Å². The number of amides is 1. The van der Waals surface area contributed by atoms with E-state index in [2.05, 4.69) is 15.7 Å². The van der Waals surface area contributed by atoms with Crippen LogP contribution in [0.2, 0.25) is 5.02 Å². The van der Waals surface area contributed by atoms with Gasteiger partial charge in [-0.15, -0.1) is 0 Å². The van der Waals surface area contributed by atoms with Crippen LogP contribution in [0, 0.1) is 5.92 Å². The van der Waals surface area contributed by atoms with Gasteiger partial charge >= 0.3 is 6.18 Å². The summed E-state index contributed by atoms with van der Waals surface area (Å²) < 4.78 is 39.1. The molecule has 3 atom stereocenters. The average molecular weight is 445 g/mol. The van der Waals surface area contributed by atoms with Gasteiger partial charge in [0.25, 0.3) is 5.91 Å². The van der Waals surface area contributed by atoms with E-state index < -0.39 is 18.6 Å². The van der Waals surface area contributed by atoms with Crippen LogP contribution in [0.5, 0.6) is 0 Å². The number of carbonyl (C=O) groups is 1. The lowest BCUT2D eigenvalue weighted by atomic mass is 9.81. The Morgan fingerprint density at radius 3 is 2.57 bits per heavy atom. The molecular formula is C19H24ClF3N6O. The minimum atomic E-state index is -4.25. The lowest BCUT2D eigenvalue weighted by Gasteiger charge is -2.36. The SMILES string of the molecule is NC[C@H]1C[C@H](NCC(F)(F)F)CC[C@@H]1n1cc(C(N)=O)c(Nc2ccc(Cl)cc2)n1. The highest BCUT2D eigenvalue weighted by Gasteiger charge is 2.34. The fraction of sp³-hybridized carbons (Fsp3) is 0.474. The number of rotatable bonds is 7. The van der Waals surface area contributed by atoms with Crippen molar-refractivity contribution in [2.24, 2.45) is 17.4 Å². The Morgan fingerprint density at radius 1 is 1.27 bits per heavy atom. The van der Waals surface area contributed by atoms with Crippen molar-refractivity contribution in [1.29, 1.82) is 0 Å². The van der Waals surface area contributed by atoms with Crippen LogP contribution < -0.4 is 22.1 Å². The number of nitrogens with zero attached hydrogens (tertiary/aromatic N) is 2. The molecule has 7 nitrogen and oxygen atoms in total. The molecule has 6 N–H and O–H groups in total. The number of hydrogen-bond acceptors (Lipinski definition) is 5. The molecule has 164 valence electrons. The van der Waals surface area contributed by atoms with Gasteiger partial charge in [-0.2, -0.15) is 18.3 Å². The highest BCUT2D eigenvalue weighted by atomic mass is 35.5. The minimum absolute atomic E-state index is 0.0894. The molecule has 0 aliphatic heterocycles. The summed E-state index contributed by atoms with van der Waals surface area (Å²) in [7, 11) is 0. The van der Waals surface area contributed by atoms with E-state index >= 15 is 0 Å². The Hall–Kier alpha value is -2.30. The zero-order valence-electron chi connectivity index (χ0n) is 16.1. The van der Waals surface area contributed by atoms with E-state index in [1.165, 1.54) is 0 Å². The number of hydrogen-bond donors (Lipinski definition) is 4. The number of alkyl halides is 3. The molecule has 3 rings (SSSR count). The molecule has 1 aliphatic carbocycles. The van der Waals surface area contributed by atoms with Gasteiger partial charge in [0, 0.05) is 22.9 Å². The van der Waals surface area contributed by atoms with Crippen molar-refractivity contribution in [3.63, 3.8) is 0 Å². The van der Waals surface area contributed by atoms with Gasteiger partial charge in [0.15, 0.2) is 5.82 Å². The first kappa shape index (κ1) is 22.4. The Bertz CT molecular complexity index is 870. The van der Waals surface area contributed by atoms with Crippen LogP contribution in [0.25, 0.3) is 0 Å². The molecule has 2 aromatic rings. The summed E-state index contributed by atoms with van der Waals surface area (Å²) in [4.78, 5) is 11.9. The van der Waals surface area contributed by atoms with Crippen LogP contribution in [-0.2, 0) is 0 Å². The maximum Gasteiger partial charge on any atom is 0.401 e.